The van der Waals surface area contributed by atoms with Crippen molar-refractivity contribution in [3.63, 3.8) is 0 Å². The smallest absolute Gasteiger partial charge is 0.0449 e. The Kier molecular flexibility index (Phi) is 2.38. The molecule has 0 aliphatic rings. The van der Waals surface area contributed by atoms with Crippen molar-refractivity contribution in [1.82, 2.24) is 0 Å². The van der Waals surface area contributed by atoms with Crippen molar-refractivity contribution in [2.75, 3.05) is 0 Å². The van der Waals surface area contributed by atoms with Crippen molar-refractivity contribution in [2.24, 2.45) is 0 Å². The summed E-state index contributed by atoms with van der Waals surface area (Å²) < 4.78 is 0.0979. The molecule has 0 spiro atoms. The summed E-state index contributed by atoms with van der Waals surface area (Å²) in [5.74, 6) is 0. The van der Waals surface area contributed by atoms with Crippen molar-refractivity contribution in [2.45, 2.75) is 25.1 Å². The molecule has 0 heterocycles. The van der Waals surface area contributed by atoms with Crippen LogP contribution in [0.15, 0.2) is 24.3 Å². The zero-order valence-corrected chi connectivity index (χ0v) is 8.77. The lowest BCUT2D eigenvalue weighted by Gasteiger charge is -2.16. The minimum Gasteiger partial charge on any atom is -0.0807 e. The fourth-order valence-corrected chi connectivity index (χ4v) is 1.21. The molecule has 0 nitrogen and oxygen atoms in total. The number of aryl methyl sites for hydroxylation is 1. The van der Waals surface area contributed by atoms with Gasteiger partial charge in [0.15, 0.2) is 0 Å². The van der Waals surface area contributed by atoms with Crippen LogP contribution in [0.5, 0.6) is 0 Å². The van der Waals surface area contributed by atoms with Crippen LogP contribution in [0.4, 0.5) is 0 Å². The monoisotopic (exact) mass is 212 g/mol. The molecule has 0 atom stereocenters. The molecule has 0 N–H and O–H groups in total. The molecule has 0 unspecified atom stereocenters. The largest absolute Gasteiger partial charge is 0.0807 e. The fourth-order valence-electron chi connectivity index (χ4n) is 0.950. The van der Waals surface area contributed by atoms with Crippen molar-refractivity contribution >= 4 is 15.9 Å². The Balaban J connectivity index is 2.99. The standard InChI is InChI=1S/C10H13Br/c1-8-4-6-9(7-5-8)10(2,3)11/h4-7H,1-3H3. The van der Waals surface area contributed by atoms with Gasteiger partial charge in [-0.15, -0.1) is 0 Å². The first-order chi connectivity index (χ1) is 5.00. The minimum absolute atomic E-state index is 0.0979. The van der Waals surface area contributed by atoms with Crippen LogP contribution in [0.2, 0.25) is 0 Å². The van der Waals surface area contributed by atoms with Gasteiger partial charge in [-0.05, 0) is 26.3 Å². The van der Waals surface area contributed by atoms with Gasteiger partial charge in [0.25, 0.3) is 0 Å². The highest BCUT2D eigenvalue weighted by molar-refractivity contribution is 9.09. The number of hydrogen-bond donors (Lipinski definition) is 0. The first kappa shape index (κ1) is 8.79. The van der Waals surface area contributed by atoms with E-state index in [1.807, 2.05) is 0 Å². The SMILES string of the molecule is Cc1ccc(C(C)(C)Br)cc1. The Bertz CT molecular complexity index is 228. The second-order valence-electron chi connectivity index (χ2n) is 3.34. The van der Waals surface area contributed by atoms with Gasteiger partial charge in [0.1, 0.15) is 0 Å². The van der Waals surface area contributed by atoms with Gasteiger partial charge in [-0.25, -0.2) is 0 Å². The average molecular weight is 213 g/mol. The average Bonchev–Trinajstić information content (AvgIpc) is 1.86. The van der Waals surface area contributed by atoms with Gasteiger partial charge in [-0.3, -0.25) is 0 Å². The van der Waals surface area contributed by atoms with Crippen LogP contribution in [-0.4, -0.2) is 0 Å². The highest BCUT2D eigenvalue weighted by Crippen LogP contribution is 2.29. The van der Waals surface area contributed by atoms with E-state index in [4.69, 9.17) is 0 Å². The van der Waals surface area contributed by atoms with Crippen LogP contribution in [0.3, 0.4) is 0 Å². The first-order valence-corrected chi connectivity index (χ1v) is 4.55. The number of alkyl halides is 1. The second-order valence-corrected chi connectivity index (χ2v) is 5.32. The van der Waals surface area contributed by atoms with Gasteiger partial charge < -0.3 is 0 Å². The van der Waals surface area contributed by atoms with Gasteiger partial charge in [0.2, 0.25) is 0 Å². The van der Waals surface area contributed by atoms with E-state index in [2.05, 4.69) is 61.0 Å². The molecular weight excluding hydrogens is 200 g/mol. The normalized spacial score (nSPS) is 11.6. The van der Waals surface area contributed by atoms with E-state index in [9.17, 15) is 0 Å². The zero-order chi connectivity index (χ0) is 8.48. The van der Waals surface area contributed by atoms with E-state index >= 15 is 0 Å². The molecule has 0 aliphatic carbocycles. The maximum absolute atomic E-state index is 3.61. The van der Waals surface area contributed by atoms with Gasteiger partial charge in [0.05, 0.1) is 0 Å². The van der Waals surface area contributed by atoms with Gasteiger partial charge in [0, 0.05) is 4.32 Å². The molecular formula is C10H13Br. The summed E-state index contributed by atoms with van der Waals surface area (Å²) in [5.41, 5.74) is 2.63. The molecule has 1 heteroatoms. The molecule has 1 aromatic rings. The van der Waals surface area contributed by atoms with E-state index in [0.717, 1.165) is 0 Å². The van der Waals surface area contributed by atoms with E-state index in [1.165, 1.54) is 11.1 Å². The second kappa shape index (κ2) is 2.98. The van der Waals surface area contributed by atoms with Crippen LogP contribution in [0.1, 0.15) is 25.0 Å². The molecule has 0 saturated carbocycles. The maximum atomic E-state index is 3.61. The third-order valence-electron chi connectivity index (χ3n) is 1.74. The quantitative estimate of drug-likeness (QED) is 0.625. The van der Waals surface area contributed by atoms with E-state index in [-0.39, 0.29) is 4.32 Å². The molecule has 0 aliphatic heterocycles. The molecule has 0 amide bonds. The Morgan fingerprint density at radius 1 is 1.09 bits per heavy atom. The topological polar surface area (TPSA) is 0 Å². The first-order valence-electron chi connectivity index (χ1n) is 3.76. The summed E-state index contributed by atoms with van der Waals surface area (Å²) in [4.78, 5) is 0. The summed E-state index contributed by atoms with van der Waals surface area (Å²) in [7, 11) is 0. The van der Waals surface area contributed by atoms with Gasteiger partial charge in [-0.1, -0.05) is 45.8 Å². The van der Waals surface area contributed by atoms with Crippen LogP contribution in [-0.2, 0) is 4.32 Å². The summed E-state index contributed by atoms with van der Waals surface area (Å²) in [6.45, 7) is 6.40. The minimum atomic E-state index is 0.0979. The fraction of sp³-hybridized carbons (Fsp3) is 0.400. The highest BCUT2D eigenvalue weighted by Gasteiger charge is 2.14. The predicted molar refractivity (Wildman–Crippen MR) is 53.1 cm³/mol. The maximum Gasteiger partial charge on any atom is 0.0449 e. The number of halogens is 1. The molecule has 0 aromatic heterocycles. The summed E-state index contributed by atoms with van der Waals surface area (Å²) in [5, 5.41) is 0. The molecule has 60 valence electrons. The molecule has 0 bridgehead atoms. The summed E-state index contributed by atoms with van der Waals surface area (Å²) >= 11 is 3.61. The highest BCUT2D eigenvalue weighted by atomic mass is 79.9. The van der Waals surface area contributed by atoms with E-state index < -0.39 is 0 Å². The number of rotatable bonds is 1. The third kappa shape index (κ3) is 2.33. The molecule has 1 aromatic carbocycles. The molecule has 1 rings (SSSR count). The Morgan fingerprint density at radius 2 is 1.55 bits per heavy atom. The lowest BCUT2D eigenvalue weighted by Crippen LogP contribution is -2.05. The van der Waals surface area contributed by atoms with Crippen molar-refractivity contribution < 1.29 is 0 Å². The van der Waals surface area contributed by atoms with Crippen LogP contribution >= 0.6 is 15.9 Å². The molecule has 11 heavy (non-hydrogen) atoms. The third-order valence-corrected chi connectivity index (χ3v) is 2.20. The summed E-state index contributed by atoms with van der Waals surface area (Å²) in [6, 6.07) is 8.59. The zero-order valence-electron chi connectivity index (χ0n) is 7.19. The van der Waals surface area contributed by atoms with Crippen molar-refractivity contribution in [3.05, 3.63) is 35.4 Å². The van der Waals surface area contributed by atoms with Crippen molar-refractivity contribution in [3.8, 4) is 0 Å². The lowest BCUT2D eigenvalue weighted by atomic mass is 10.0. The Hall–Kier alpha value is -0.300. The number of hydrogen-bond acceptors (Lipinski definition) is 0. The van der Waals surface area contributed by atoms with E-state index in [0.29, 0.717) is 0 Å². The van der Waals surface area contributed by atoms with Gasteiger partial charge in [-0.2, -0.15) is 0 Å². The Morgan fingerprint density at radius 3 is 1.91 bits per heavy atom. The lowest BCUT2D eigenvalue weighted by molar-refractivity contribution is 0.803. The molecule has 0 radical (unpaired) electrons. The van der Waals surface area contributed by atoms with Crippen molar-refractivity contribution in [1.29, 1.82) is 0 Å². The Labute approximate surface area is 76.8 Å². The van der Waals surface area contributed by atoms with Gasteiger partial charge >= 0.3 is 0 Å². The summed E-state index contributed by atoms with van der Waals surface area (Å²) in [6.07, 6.45) is 0. The van der Waals surface area contributed by atoms with Crippen LogP contribution in [0.25, 0.3) is 0 Å². The van der Waals surface area contributed by atoms with E-state index in [1.54, 1.807) is 0 Å². The van der Waals surface area contributed by atoms with Crippen LogP contribution < -0.4 is 0 Å². The molecule has 0 saturated heterocycles. The van der Waals surface area contributed by atoms with Crippen LogP contribution in [0, 0.1) is 6.92 Å². The number of benzene rings is 1. The predicted octanol–water partition coefficient (Wildman–Crippen LogP) is 3.63. The molecule has 0 fully saturated rings.